The van der Waals surface area contributed by atoms with Gasteiger partial charge in [-0.25, -0.2) is 0 Å². The lowest BCUT2D eigenvalue weighted by molar-refractivity contribution is 0.165. The molecule has 1 saturated heterocycles. The molecule has 114 valence electrons. The average molecular weight is 291 g/mol. The minimum absolute atomic E-state index is 0.619. The van der Waals surface area contributed by atoms with Crippen LogP contribution < -0.4 is 14.2 Å². The van der Waals surface area contributed by atoms with Crippen LogP contribution in [0, 0.1) is 11.5 Å². The molecule has 0 radical (unpaired) electrons. The number of nitriles is 1. The zero-order valence-electron chi connectivity index (χ0n) is 12.8. The molecule has 0 amide bonds. The maximum atomic E-state index is 8.88. The third-order valence-corrected chi connectivity index (χ3v) is 3.69. The van der Waals surface area contributed by atoms with Gasteiger partial charge in [0.1, 0.15) is 0 Å². The highest BCUT2D eigenvalue weighted by atomic mass is 16.5. The van der Waals surface area contributed by atoms with Crippen molar-refractivity contribution in [2.24, 2.45) is 0 Å². The Morgan fingerprint density at radius 2 is 1.67 bits per heavy atom. The number of hydrogen-bond acceptors (Lipinski definition) is 6. The molecule has 1 aromatic carbocycles. The summed E-state index contributed by atoms with van der Waals surface area (Å²) >= 11 is 0. The monoisotopic (exact) mass is 291 g/mol. The summed E-state index contributed by atoms with van der Waals surface area (Å²) < 4.78 is 16.2. The van der Waals surface area contributed by atoms with E-state index in [0.29, 0.717) is 17.2 Å². The van der Waals surface area contributed by atoms with Gasteiger partial charge < -0.3 is 19.1 Å². The second-order valence-corrected chi connectivity index (χ2v) is 4.86. The Morgan fingerprint density at radius 1 is 1.00 bits per heavy atom. The number of rotatable bonds is 5. The van der Waals surface area contributed by atoms with Crippen LogP contribution in [-0.2, 0) is 6.54 Å². The fraction of sp³-hybridized carbons (Fsp3) is 0.533. The van der Waals surface area contributed by atoms with Gasteiger partial charge >= 0.3 is 0 Å². The molecule has 0 spiro atoms. The molecule has 1 aromatic rings. The second kappa shape index (κ2) is 7.04. The molecule has 0 atom stereocenters. The van der Waals surface area contributed by atoms with Gasteiger partial charge in [0.15, 0.2) is 17.7 Å². The van der Waals surface area contributed by atoms with Gasteiger partial charge in [0, 0.05) is 38.3 Å². The van der Waals surface area contributed by atoms with Crippen molar-refractivity contribution in [2.75, 3.05) is 47.5 Å². The van der Waals surface area contributed by atoms with Gasteiger partial charge in [-0.2, -0.15) is 5.26 Å². The Bertz CT molecular complexity index is 520. The molecule has 6 heteroatoms. The molecule has 21 heavy (non-hydrogen) atoms. The van der Waals surface area contributed by atoms with E-state index in [2.05, 4.69) is 11.1 Å². The van der Waals surface area contributed by atoms with Gasteiger partial charge in [-0.1, -0.05) is 6.07 Å². The molecule has 0 aromatic heterocycles. The van der Waals surface area contributed by atoms with E-state index in [1.165, 1.54) is 0 Å². The van der Waals surface area contributed by atoms with Crippen LogP contribution in [0.3, 0.4) is 0 Å². The highest BCUT2D eigenvalue weighted by molar-refractivity contribution is 5.55. The van der Waals surface area contributed by atoms with Crippen molar-refractivity contribution in [1.29, 1.82) is 5.26 Å². The summed E-state index contributed by atoms with van der Waals surface area (Å²) in [5, 5.41) is 8.88. The Hall–Kier alpha value is -2.13. The summed E-state index contributed by atoms with van der Waals surface area (Å²) in [5.41, 5.74) is 1.06. The maximum absolute atomic E-state index is 8.88. The normalized spacial score (nSPS) is 15.4. The fourth-order valence-corrected chi connectivity index (χ4v) is 2.53. The molecule has 0 bridgehead atoms. The Morgan fingerprint density at radius 3 is 2.19 bits per heavy atom. The van der Waals surface area contributed by atoms with Crippen LogP contribution in [-0.4, -0.2) is 57.3 Å². The molecule has 0 unspecified atom stereocenters. The van der Waals surface area contributed by atoms with Crippen LogP contribution in [0.4, 0.5) is 0 Å². The lowest BCUT2D eigenvalue weighted by atomic mass is 10.1. The number of ether oxygens (including phenoxy) is 3. The van der Waals surface area contributed by atoms with Gasteiger partial charge in [-0.15, -0.1) is 0 Å². The Kier molecular flexibility index (Phi) is 5.12. The van der Waals surface area contributed by atoms with E-state index in [4.69, 9.17) is 19.5 Å². The van der Waals surface area contributed by atoms with Crippen LogP contribution >= 0.6 is 0 Å². The van der Waals surface area contributed by atoms with E-state index < -0.39 is 0 Å². The van der Waals surface area contributed by atoms with Crippen molar-refractivity contribution in [1.82, 2.24) is 9.80 Å². The van der Waals surface area contributed by atoms with Crippen molar-refractivity contribution in [2.45, 2.75) is 6.54 Å². The average Bonchev–Trinajstić information content (AvgIpc) is 2.54. The van der Waals surface area contributed by atoms with Crippen molar-refractivity contribution >= 4 is 0 Å². The second-order valence-electron chi connectivity index (χ2n) is 4.86. The van der Waals surface area contributed by atoms with E-state index in [1.54, 1.807) is 26.2 Å². The SMILES string of the molecule is COc1ccc(CN2CCN(C#N)CC2)c(OC)c1OC. The number of nitrogens with zero attached hydrogens (tertiary/aromatic N) is 3. The van der Waals surface area contributed by atoms with Crippen molar-refractivity contribution in [3.05, 3.63) is 17.7 Å². The minimum atomic E-state index is 0.619. The lowest BCUT2D eigenvalue weighted by Crippen LogP contribution is -2.43. The summed E-state index contributed by atoms with van der Waals surface area (Å²) in [6.45, 7) is 4.04. The van der Waals surface area contributed by atoms with Crippen molar-refractivity contribution < 1.29 is 14.2 Å². The standard InChI is InChI=1S/C15H21N3O3/c1-19-13-5-4-12(14(20-2)15(13)21-3)10-17-6-8-18(11-16)9-7-17/h4-5H,6-10H2,1-3H3. The van der Waals surface area contributed by atoms with Crippen molar-refractivity contribution in [3.63, 3.8) is 0 Å². The maximum Gasteiger partial charge on any atom is 0.203 e. The number of hydrogen-bond donors (Lipinski definition) is 0. The van der Waals surface area contributed by atoms with Crippen molar-refractivity contribution in [3.8, 4) is 23.4 Å². The minimum Gasteiger partial charge on any atom is -0.493 e. The van der Waals surface area contributed by atoms with E-state index in [-0.39, 0.29) is 0 Å². The van der Waals surface area contributed by atoms with Crippen LogP contribution in [0.5, 0.6) is 17.2 Å². The van der Waals surface area contributed by atoms with Gasteiger partial charge in [-0.3, -0.25) is 4.90 Å². The van der Waals surface area contributed by atoms with Gasteiger partial charge in [-0.05, 0) is 6.07 Å². The molecule has 1 aliphatic rings. The largest absolute Gasteiger partial charge is 0.493 e. The third-order valence-electron chi connectivity index (χ3n) is 3.69. The molecule has 1 fully saturated rings. The summed E-state index contributed by atoms with van der Waals surface area (Å²) in [6.07, 6.45) is 2.19. The smallest absolute Gasteiger partial charge is 0.203 e. The molecular formula is C15H21N3O3. The molecule has 0 N–H and O–H groups in total. The van der Waals surface area contributed by atoms with Crippen LogP contribution in [0.1, 0.15) is 5.56 Å². The van der Waals surface area contributed by atoms with Gasteiger partial charge in [0.2, 0.25) is 5.75 Å². The quantitative estimate of drug-likeness (QED) is 0.762. The zero-order valence-corrected chi connectivity index (χ0v) is 12.8. The van der Waals surface area contributed by atoms with Crippen LogP contribution in [0.2, 0.25) is 0 Å². The summed E-state index contributed by atoms with van der Waals surface area (Å²) in [5.74, 6) is 1.99. The number of benzene rings is 1. The predicted molar refractivity (Wildman–Crippen MR) is 78.6 cm³/mol. The molecule has 6 nitrogen and oxygen atoms in total. The van der Waals surface area contributed by atoms with Gasteiger partial charge in [0.25, 0.3) is 0 Å². The highest BCUT2D eigenvalue weighted by Crippen LogP contribution is 2.40. The first-order valence-electron chi connectivity index (χ1n) is 6.88. The van der Waals surface area contributed by atoms with E-state index in [0.717, 1.165) is 38.3 Å². The molecule has 2 rings (SSSR count). The number of piperazine rings is 1. The Labute approximate surface area is 125 Å². The van der Waals surface area contributed by atoms with Crippen LogP contribution in [0.15, 0.2) is 12.1 Å². The van der Waals surface area contributed by atoms with E-state index in [1.807, 2.05) is 12.1 Å². The molecule has 1 heterocycles. The van der Waals surface area contributed by atoms with Gasteiger partial charge in [0.05, 0.1) is 21.3 Å². The zero-order chi connectivity index (χ0) is 15.2. The summed E-state index contributed by atoms with van der Waals surface area (Å²) in [4.78, 5) is 4.08. The lowest BCUT2D eigenvalue weighted by Gasteiger charge is -2.32. The molecule has 0 saturated carbocycles. The highest BCUT2D eigenvalue weighted by Gasteiger charge is 2.20. The van der Waals surface area contributed by atoms with E-state index in [9.17, 15) is 0 Å². The summed E-state index contributed by atoms with van der Waals surface area (Å²) in [7, 11) is 4.85. The Balaban J connectivity index is 2.15. The third kappa shape index (κ3) is 3.31. The summed E-state index contributed by atoms with van der Waals surface area (Å²) in [6, 6.07) is 3.89. The first kappa shape index (κ1) is 15.3. The fourth-order valence-electron chi connectivity index (χ4n) is 2.53. The molecule has 1 aliphatic heterocycles. The topological polar surface area (TPSA) is 58.0 Å². The first-order chi connectivity index (χ1) is 10.2. The first-order valence-corrected chi connectivity index (χ1v) is 6.88. The van der Waals surface area contributed by atoms with E-state index >= 15 is 0 Å². The molecule has 0 aliphatic carbocycles. The van der Waals surface area contributed by atoms with Crippen LogP contribution in [0.25, 0.3) is 0 Å². The number of methoxy groups -OCH3 is 3. The molecular weight excluding hydrogens is 270 g/mol. The predicted octanol–water partition coefficient (Wildman–Crippen LogP) is 1.31.